The van der Waals surface area contributed by atoms with Crippen LogP contribution in [-0.2, 0) is 22.9 Å². The van der Waals surface area contributed by atoms with Gasteiger partial charge in [-0.2, -0.15) is 5.26 Å². The van der Waals surface area contributed by atoms with Crippen LogP contribution in [0.4, 0.5) is 4.79 Å². The molecule has 9 heteroatoms. The summed E-state index contributed by atoms with van der Waals surface area (Å²) in [5.74, 6) is 0. The number of hydrogen-bond donors (Lipinski definition) is 0. The summed E-state index contributed by atoms with van der Waals surface area (Å²) in [5.41, 5.74) is 0.103. The number of carbonyl (C=O) groups is 1. The predicted octanol–water partition coefficient (Wildman–Crippen LogP) is 5.19. The number of aromatic nitrogens is 1. The molecule has 1 aromatic heterocycles. The first-order valence-electron chi connectivity index (χ1n) is 8.94. The summed E-state index contributed by atoms with van der Waals surface area (Å²) in [5, 5.41) is 10.4. The highest BCUT2D eigenvalue weighted by Gasteiger charge is 2.32. The van der Waals surface area contributed by atoms with E-state index in [0.29, 0.717) is 16.5 Å². The number of phosphoric acid groups is 1. The fourth-order valence-corrected chi connectivity index (χ4v) is 3.84. The van der Waals surface area contributed by atoms with Crippen molar-refractivity contribution in [3.63, 3.8) is 0 Å². The van der Waals surface area contributed by atoms with E-state index in [4.69, 9.17) is 18.3 Å². The average Bonchev–Trinajstić information content (AvgIpc) is 3.03. The zero-order valence-electron chi connectivity index (χ0n) is 16.7. The molecule has 8 nitrogen and oxygen atoms in total. The fourth-order valence-electron chi connectivity index (χ4n) is 2.59. The van der Waals surface area contributed by atoms with Gasteiger partial charge in [-0.25, -0.2) is 9.36 Å². The van der Waals surface area contributed by atoms with Crippen LogP contribution in [0.1, 0.15) is 46.3 Å². The molecule has 0 radical (unpaired) electrons. The number of nitrogens with zero attached hydrogens (tertiary/aromatic N) is 2. The maximum atomic E-state index is 12.7. The van der Waals surface area contributed by atoms with Crippen LogP contribution in [0.5, 0.6) is 0 Å². The summed E-state index contributed by atoms with van der Waals surface area (Å²) in [7, 11) is -3.94. The highest BCUT2D eigenvalue weighted by atomic mass is 31.2. The molecule has 28 heavy (non-hydrogen) atoms. The van der Waals surface area contributed by atoms with Crippen molar-refractivity contribution in [1.29, 1.82) is 5.26 Å². The molecule has 0 bridgehead atoms. The highest BCUT2D eigenvalue weighted by molar-refractivity contribution is 7.48. The molecule has 152 valence electrons. The lowest BCUT2D eigenvalue weighted by Gasteiger charge is -2.22. The summed E-state index contributed by atoms with van der Waals surface area (Å²) < 4.78 is 35.2. The van der Waals surface area contributed by atoms with Crippen LogP contribution in [0, 0.1) is 11.3 Å². The number of para-hydroxylation sites is 1. The molecule has 0 aliphatic heterocycles. The number of phosphoric ester groups is 1. The van der Waals surface area contributed by atoms with Gasteiger partial charge in [-0.3, -0.25) is 18.1 Å². The minimum Gasteiger partial charge on any atom is -0.443 e. The topological polar surface area (TPSA) is 99.8 Å². The van der Waals surface area contributed by atoms with E-state index in [1.165, 1.54) is 4.57 Å². The third-order valence-electron chi connectivity index (χ3n) is 3.54. The molecule has 1 aromatic carbocycles. The zero-order valence-corrected chi connectivity index (χ0v) is 17.6. The molecule has 0 spiro atoms. The summed E-state index contributed by atoms with van der Waals surface area (Å²) in [4.78, 5) is 12.6. The van der Waals surface area contributed by atoms with Gasteiger partial charge in [0.05, 0.1) is 24.8 Å². The minimum absolute atomic E-state index is 0.0912. The van der Waals surface area contributed by atoms with E-state index in [2.05, 4.69) is 0 Å². The molecule has 1 unspecified atom stereocenters. The molecule has 0 saturated heterocycles. The summed E-state index contributed by atoms with van der Waals surface area (Å²) in [6.07, 6.45) is -0.311. The molecule has 0 N–H and O–H groups in total. The number of fused-ring (bicyclic) bond motifs is 1. The Bertz CT molecular complexity index is 915. The SMILES string of the molecule is CCOP(=O)(OCC)OC(C#N)c1cccc2ccn(C(=O)OC(C)(C)C)c12. The number of rotatable bonds is 7. The van der Waals surface area contributed by atoms with Crippen molar-refractivity contribution in [3.05, 3.63) is 36.0 Å². The lowest BCUT2D eigenvalue weighted by atomic mass is 10.1. The van der Waals surface area contributed by atoms with Crippen molar-refractivity contribution in [2.75, 3.05) is 13.2 Å². The van der Waals surface area contributed by atoms with E-state index in [-0.39, 0.29) is 13.2 Å². The third kappa shape index (κ3) is 5.21. The zero-order chi connectivity index (χ0) is 20.9. The normalized spacial score (nSPS) is 13.3. The van der Waals surface area contributed by atoms with Crippen LogP contribution in [-0.4, -0.2) is 29.5 Å². The first kappa shape index (κ1) is 22.1. The summed E-state index contributed by atoms with van der Waals surface area (Å²) >= 11 is 0. The molecule has 0 saturated carbocycles. The second kappa shape index (κ2) is 8.89. The van der Waals surface area contributed by atoms with Crippen LogP contribution < -0.4 is 0 Å². The second-order valence-corrected chi connectivity index (χ2v) is 8.47. The molecule has 0 amide bonds. The lowest BCUT2D eigenvalue weighted by molar-refractivity contribution is 0.0544. The van der Waals surface area contributed by atoms with Crippen molar-refractivity contribution >= 4 is 24.8 Å². The summed E-state index contributed by atoms with van der Waals surface area (Å²) in [6.45, 7) is 8.76. The summed E-state index contributed by atoms with van der Waals surface area (Å²) in [6, 6.07) is 8.83. The monoisotopic (exact) mass is 408 g/mol. The Morgan fingerprint density at radius 2 is 1.86 bits per heavy atom. The number of carbonyl (C=O) groups excluding carboxylic acids is 1. The van der Waals surface area contributed by atoms with Crippen LogP contribution in [0.2, 0.25) is 0 Å². The first-order valence-corrected chi connectivity index (χ1v) is 10.4. The lowest BCUT2D eigenvalue weighted by Crippen LogP contribution is -2.27. The largest absolute Gasteiger partial charge is 0.476 e. The van der Waals surface area contributed by atoms with Crippen LogP contribution in [0.3, 0.4) is 0 Å². The van der Waals surface area contributed by atoms with Gasteiger partial charge in [-0.05, 0) is 40.7 Å². The molecular formula is C19H25N2O6P. The Labute approximate surface area is 164 Å². The number of nitriles is 1. The maximum absolute atomic E-state index is 12.7. The van der Waals surface area contributed by atoms with Crippen molar-refractivity contribution in [2.45, 2.75) is 46.3 Å². The Morgan fingerprint density at radius 1 is 1.21 bits per heavy atom. The van der Waals surface area contributed by atoms with Crippen molar-refractivity contribution in [2.24, 2.45) is 0 Å². The van der Waals surface area contributed by atoms with Crippen molar-refractivity contribution < 1.29 is 27.7 Å². The van der Waals surface area contributed by atoms with E-state index in [9.17, 15) is 14.6 Å². The van der Waals surface area contributed by atoms with Gasteiger partial charge in [0.15, 0.2) is 6.10 Å². The van der Waals surface area contributed by atoms with Gasteiger partial charge in [-0.15, -0.1) is 0 Å². The minimum atomic E-state index is -3.94. The maximum Gasteiger partial charge on any atom is 0.476 e. The molecule has 0 fully saturated rings. The van der Waals surface area contributed by atoms with E-state index in [1.807, 2.05) is 6.07 Å². The van der Waals surface area contributed by atoms with Crippen LogP contribution in [0.25, 0.3) is 10.9 Å². The Kier molecular flexibility index (Phi) is 7.02. The van der Waals surface area contributed by atoms with Gasteiger partial charge in [0.1, 0.15) is 5.60 Å². The smallest absolute Gasteiger partial charge is 0.443 e. The molecule has 0 aliphatic rings. The first-order chi connectivity index (χ1) is 13.1. The van der Waals surface area contributed by atoms with E-state index < -0.39 is 25.6 Å². The molecule has 1 atom stereocenters. The van der Waals surface area contributed by atoms with Gasteiger partial charge in [0, 0.05) is 17.1 Å². The van der Waals surface area contributed by atoms with Crippen LogP contribution in [0.15, 0.2) is 30.5 Å². The Balaban J connectivity index is 2.50. The van der Waals surface area contributed by atoms with Crippen LogP contribution >= 0.6 is 7.82 Å². The molecular weight excluding hydrogens is 383 g/mol. The molecule has 0 aliphatic carbocycles. The third-order valence-corrected chi connectivity index (χ3v) is 5.16. The van der Waals surface area contributed by atoms with Gasteiger partial charge in [0.2, 0.25) is 0 Å². The molecule has 2 aromatic rings. The van der Waals surface area contributed by atoms with E-state index in [0.717, 1.165) is 0 Å². The quantitative estimate of drug-likeness (QED) is 0.581. The standard InChI is InChI=1S/C19H25N2O6P/c1-6-24-28(23,25-7-2)27-16(13-20)15-10-8-9-14-11-12-21(17(14)15)18(22)26-19(3,4)5/h8-12,16H,6-7H2,1-5H3. The Morgan fingerprint density at radius 3 is 2.39 bits per heavy atom. The number of benzene rings is 1. The number of hydrogen-bond acceptors (Lipinski definition) is 7. The predicted molar refractivity (Wildman–Crippen MR) is 104 cm³/mol. The van der Waals surface area contributed by atoms with Crippen molar-refractivity contribution in [3.8, 4) is 6.07 Å². The highest BCUT2D eigenvalue weighted by Crippen LogP contribution is 2.53. The number of ether oxygens (including phenoxy) is 1. The Hall–Kier alpha value is -2.17. The molecule has 2 rings (SSSR count). The van der Waals surface area contributed by atoms with E-state index >= 15 is 0 Å². The van der Waals surface area contributed by atoms with Gasteiger partial charge in [-0.1, -0.05) is 18.2 Å². The van der Waals surface area contributed by atoms with Crippen molar-refractivity contribution in [1.82, 2.24) is 4.57 Å². The van der Waals surface area contributed by atoms with Gasteiger partial charge in [0.25, 0.3) is 0 Å². The van der Waals surface area contributed by atoms with Gasteiger partial charge < -0.3 is 4.74 Å². The van der Waals surface area contributed by atoms with E-state index in [1.54, 1.807) is 65.1 Å². The average molecular weight is 408 g/mol. The van der Waals surface area contributed by atoms with Gasteiger partial charge >= 0.3 is 13.9 Å². The molecule has 1 heterocycles. The fraction of sp³-hybridized carbons (Fsp3) is 0.474. The second-order valence-electron chi connectivity index (χ2n) is 6.85.